The molecule has 0 aliphatic heterocycles. The molecule has 0 bridgehead atoms. The third kappa shape index (κ3) is 4.62. The molecular weight excluding hydrogens is 470 g/mol. The lowest BCUT2D eigenvalue weighted by atomic mass is 10.1. The van der Waals surface area contributed by atoms with Gasteiger partial charge < -0.3 is 14.2 Å². The molecule has 0 saturated heterocycles. The maximum absolute atomic E-state index is 14.8. The van der Waals surface area contributed by atoms with Crippen molar-refractivity contribution in [2.24, 2.45) is 5.92 Å². The first-order chi connectivity index (χ1) is 17.0. The lowest BCUT2D eigenvalue weighted by molar-refractivity contribution is 0.142. The molecule has 3 atom stereocenters. The average Bonchev–Trinajstić information content (AvgIpc) is 3.30. The van der Waals surface area contributed by atoms with Gasteiger partial charge in [0.05, 0.1) is 6.10 Å². The van der Waals surface area contributed by atoms with Crippen molar-refractivity contribution in [1.82, 2.24) is 0 Å². The first-order valence-electron chi connectivity index (χ1n) is 12.1. The topological polar surface area (TPSA) is 54.4 Å². The van der Waals surface area contributed by atoms with Gasteiger partial charge in [0.15, 0.2) is 0 Å². The predicted octanol–water partition coefficient (Wildman–Crippen LogP) is 5.15. The van der Waals surface area contributed by atoms with Gasteiger partial charge in [-0.25, -0.2) is 0 Å². The maximum atomic E-state index is 14.8. The summed E-state index contributed by atoms with van der Waals surface area (Å²) in [6.07, 6.45) is 0.727. The minimum Gasteiger partial charge on any atom is -0.393 e. The van der Waals surface area contributed by atoms with E-state index in [-0.39, 0.29) is 11.6 Å². The van der Waals surface area contributed by atoms with E-state index in [1.807, 2.05) is 121 Å². The third-order valence-corrected chi connectivity index (χ3v) is 14.1. The molecule has 1 N–H and O–H groups in total. The van der Waals surface area contributed by atoms with Crippen LogP contribution in [-0.2, 0) is 9.13 Å². The van der Waals surface area contributed by atoms with Gasteiger partial charge in [-0.05, 0) is 18.8 Å². The highest BCUT2D eigenvalue weighted by molar-refractivity contribution is 7.79. The van der Waals surface area contributed by atoms with E-state index in [2.05, 4.69) is 0 Å². The van der Waals surface area contributed by atoms with Gasteiger partial charge in [0.1, 0.15) is 14.3 Å². The predicted molar refractivity (Wildman–Crippen MR) is 147 cm³/mol. The summed E-state index contributed by atoms with van der Waals surface area (Å²) in [6.45, 7) is 0. The Labute approximate surface area is 207 Å². The van der Waals surface area contributed by atoms with Crippen molar-refractivity contribution in [2.45, 2.75) is 24.6 Å². The number of aliphatic hydroxyl groups is 1. The molecule has 1 aliphatic rings. The van der Waals surface area contributed by atoms with Gasteiger partial charge in [-0.2, -0.15) is 0 Å². The quantitative estimate of drug-likeness (QED) is 0.357. The largest absolute Gasteiger partial charge is 0.393 e. The Morgan fingerprint density at radius 1 is 0.571 bits per heavy atom. The van der Waals surface area contributed by atoms with E-state index in [0.717, 1.165) is 21.2 Å². The zero-order valence-electron chi connectivity index (χ0n) is 19.6. The number of aliphatic hydroxyl groups excluding tert-OH is 1. The molecule has 3 nitrogen and oxygen atoms in total. The molecule has 0 heterocycles. The summed E-state index contributed by atoms with van der Waals surface area (Å²) >= 11 is 0. The fourth-order valence-corrected chi connectivity index (χ4v) is 12.0. The number of hydrogen-bond donors (Lipinski definition) is 1. The van der Waals surface area contributed by atoms with Crippen LogP contribution in [0.1, 0.15) is 12.8 Å². The van der Waals surface area contributed by atoms with Crippen molar-refractivity contribution in [2.75, 3.05) is 6.16 Å². The Balaban J connectivity index is 1.51. The van der Waals surface area contributed by atoms with Gasteiger partial charge in [0.25, 0.3) is 0 Å². The van der Waals surface area contributed by atoms with Gasteiger partial charge in [-0.15, -0.1) is 0 Å². The van der Waals surface area contributed by atoms with Crippen LogP contribution in [0.15, 0.2) is 121 Å². The summed E-state index contributed by atoms with van der Waals surface area (Å²) in [5.74, 6) is -0.202. The standard InChI is InChI=1S/C30H30O3P2/c31-30-22-29(35(33,27-17-9-3-10-18-27)28-19-11-4-12-20-28)21-24(30)23-34(32,25-13-5-1-6-14-25)26-15-7-2-8-16-26/h1-20,24,29-31H,21-23H2/t24-,29-,30+/m1/s1. The highest BCUT2D eigenvalue weighted by Crippen LogP contribution is 2.58. The Morgan fingerprint density at radius 3 is 1.34 bits per heavy atom. The summed E-state index contributed by atoms with van der Waals surface area (Å²) in [5, 5.41) is 14.5. The summed E-state index contributed by atoms with van der Waals surface area (Å²) < 4.78 is 29.5. The lowest BCUT2D eigenvalue weighted by Crippen LogP contribution is -2.26. The van der Waals surface area contributed by atoms with Crippen LogP contribution in [0.2, 0.25) is 0 Å². The van der Waals surface area contributed by atoms with Crippen LogP contribution in [0, 0.1) is 5.92 Å². The smallest absolute Gasteiger partial charge is 0.146 e. The van der Waals surface area contributed by atoms with Gasteiger partial charge in [0, 0.05) is 33.0 Å². The molecule has 1 aliphatic carbocycles. The maximum Gasteiger partial charge on any atom is 0.146 e. The van der Waals surface area contributed by atoms with E-state index in [1.54, 1.807) is 0 Å². The molecule has 1 saturated carbocycles. The van der Waals surface area contributed by atoms with Crippen LogP contribution < -0.4 is 21.2 Å². The monoisotopic (exact) mass is 500 g/mol. The van der Waals surface area contributed by atoms with Crippen molar-refractivity contribution < 1.29 is 14.2 Å². The van der Waals surface area contributed by atoms with Crippen molar-refractivity contribution in [3.05, 3.63) is 121 Å². The summed E-state index contributed by atoms with van der Waals surface area (Å²) in [7, 11) is -5.99. The van der Waals surface area contributed by atoms with Crippen molar-refractivity contribution >= 4 is 35.5 Å². The molecule has 0 amide bonds. The normalized spacial score (nSPS) is 20.5. The fraction of sp³-hybridized carbons (Fsp3) is 0.200. The van der Waals surface area contributed by atoms with Crippen LogP contribution >= 0.6 is 14.3 Å². The first-order valence-corrected chi connectivity index (χ1v) is 15.8. The minimum atomic E-state index is -3.01. The highest BCUT2D eigenvalue weighted by atomic mass is 31.2. The van der Waals surface area contributed by atoms with Crippen LogP contribution in [-0.4, -0.2) is 23.0 Å². The van der Waals surface area contributed by atoms with Crippen LogP contribution in [0.4, 0.5) is 0 Å². The Kier molecular flexibility index (Phi) is 6.94. The van der Waals surface area contributed by atoms with Gasteiger partial charge >= 0.3 is 0 Å². The molecule has 0 unspecified atom stereocenters. The van der Waals surface area contributed by atoms with Crippen LogP contribution in [0.25, 0.3) is 0 Å². The van der Waals surface area contributed by atoms with E-state index >= 15 is 0 Å². The van der Waals surface area contributed by atoms with Crippen LogP contribution in [0.3, 0.4) is 0 Å². The van der Waals surface area contributed by atoms with E-state index in [9.17, 15) is 14.2 Å². The molecule has 35 heavy (non-hydrogen) atoms. The highest BCUT2D eigenvalue weighted by Gasteiger charge is 2.47. The van der Waals surface area contributed by atoms with E-state index in [0.29, 0.717) is 19.0 Å². The molecule has 4 aromatic rings. The summed E-state index contributed by atoms with van der Waals surface area (Å²) in [5.41, 5.74) is -0.202. The molecule has 178 valence electrons. The lowest BCUT2D eigenvalue weighted by Gasteiger charge is -2.26. The molecule has 5 rings (SSSR count). The molecule has 0 aromatic heterocycles. The Hall–Kier alpha value is -2.70. The number of rotatable bonds is 7. The molecule has 5 heteroatoms. The number of benzene rings is 4. The SMILES string of the molecule is O=P(C[C@H]1C[C@@H](P(=O)(c2ccccc2)c2ccccc2)C[C@@H]1O)(c1ccccc1)c1ccccc1. The molecule has 0 spiro atoms. The molecule has 4 aromatic carbocycles. The first kappa shape index (κ1) is 24.0. The fourth-order valence-electron chi connectivity index (χ4n) is 5.46. The van der Waals surface area contributed by atoms with Crippen LogP contribution in [0.5, 0.6) is 0 Å². The second kappa shape index (κ2) is 10.1. The number of hydrogen-bond acceptors (Lipinski definition) is 3. The minimum absolute atomic E-state index is 0.202. The summed E-state index contributed by atoms with van der Waals surface area (Å²) in [4.78, 5) is 0. The molecular formula is C30H30O3P2. The van der Waals surface area contributed by atoms with Gasteiger partial charge in [-0.3, -0.25) is 0 Å². The second-order valence-electron chi connectivity index (χ2n) is 9.38. The van der Waals surface area contributed by atoms with E-state index < -0.39 is 20.4 Å². The van der Waals surface area contributed by atoms with Crippen molar-refractivity contribution in [1.29, 1.82) is 0 Å². The summed E-state index contributed by atoms with van der Waals surface area (Å²) in [6, 6.07) is 38.5. The van der Waals surface area contributed by atoms with Gasteiger partial charge in [-0.1, -0.05) is 121 Å². The van der Waals surface area contributed by atoms with Crippen molar-refractivity contribution in [3.8, 4) is 0 Å². The third-order valence-electron chi connectivity index (χ3n) is 7.26. The Bertz CT molecular complexity index is 1250. The zero-order chi connectivity index (χ0) is 24.3. The molecule has 0 radical (unpaired) electrons. The average molecular weight is 501 g/mol. The van der Waals surface area contributed by atoms with Crippen molar-refractivity contribution in [3.63, 3.8) is 0 Å². The Morgan fingerprint density at radius 2 is 0.943 bits per heavy atom. The van der Waals surface area contributed by atoms with E-state index in [1.165, 1.54) is 0 Å². The second-order valence-corrected chi connectivity index (χ2v) is 15.3. The molecule has 1 fully saturated rings. The zero-order valence-corrected chi connectivity index (χ0v) is 21.3. The van der Waals surface area contributed by atoms with Gasteiger partial charge in [0.2, 0.25) is 0 Å². The van der Waals surface area contributed by atoms with E-state index in [4.69, 9.17) is 0 Å².